The maximum atomic E-state index is 12.2. The van der Waals surface area contributed by atoms with Crippen molar-refractivity contribution < 1.29 is 9.32 Å². The number of carbonyl (C=O) groups is 1. The van der Waals surface area contributed by atoms with Gasteiger partial charge in [-0.3, -0.25) is 14.6 Å². The molecule has 3 heterocycles. The predicted molar refractivity (Wildman–Crippen MR) is 92.7 cm³/mol. The third-order valence-electron chi connectivity index (χ3n) is 5.76. The molecule has 0 N–H and O–H groups in total. The number of hydrogen-bond donors (Lipinski definition) is 0. The van der Waals surface area contributed by atoms with Gasteiger partial charge in [0.2, 0.25) is 5.91 Å². The van der Waals surface area contributed by atoms with Crippen molar-refractivity contribution in [2.75, 3.05) is 40.3 Å². The Morgan fingerprint density at radius 2 is 1.96 bits per heavy atom. The van der Waals surface area contributed by atoms with Crippen LogP contribution in [0.2, 0.25) is 0 Å². The molecule has 6 heteroatoms. The van der Waals surface area contributed by atoms with Gasteiger partial charge >= 0.3 is 0 Å². The van der Waals surface area contributed by atoms with Crippen LogP contribution in [-0.4, -0.2) is 71.6 Å². The van der Waals surface area contributed by atoms with Crippen LogP contribution in [0.1, 0.15) is 42.7 Å². The Hall–Kier alpha value is -1.40. The highest BCUT2D eigenvalue weighted by Gasteiger charge is 2.44. The van der Waals surface area contributed by atoms with Crippen molar-refractivity contribution in [3.8, 4) is 0 Å². The van der Waals surface area contributed by atoms with E-state index in [1.165, 1.54) is 31.2 Å². The zero-order chi connectivity index (χ0) is 17.3. The van der Waals surface area contributed by atoms with Gasteiger partial charge in [0.25, 0.3) is 0 Å². The normalized spacial score (nSPS) is 25.5. The molecule has 1 amide bonds. The Balaban J connectivity index is 1.70. The second-order valence-corrected chi connectivity index (χ2v) is 7.65. The van der Waals surface area contributed by atoms with E-state index < -0.39 is 0 Å². The predicted octanol–water partition coefficient (Wildman–Crippen LogP) is 1.81. The second kappa shape index (κ2) is 6.84. The highest BCUT2D eigenvalue weighted by atomic mass is 16.5. The number of piperidine rings is 1. The maximum Gasteiger partial charge on any atom is 0.236 e. The molecule has 3 rings (SSSR count). The molecule has 2 fully saturated rings. The highest BCUT2D eigenvalue weighted by molar-refractivity contribution is 5.77. The molecule has 1 spiro atoms. The fourth-order valence-electron chi connectivity index (χ4n) is 4.30. The molecule has 1 unspecified atom stereocenters. The third kappa shape index (κ3) is 3.35. The minimum Gasteiger partial charge on any atom is -0.361 e. The molecule has 24 heavy (non-hydrogen) atoms. The van der Waals surface area contributed by atoms with Crippen LogP contribution in [0.4, 0.5) is 0 Å². The van der Waals surface area contributed by atoms with Gasteiger partial charge in [-0.05, 0) is 52.6 Å². The van der Waals surface area contributed by atoms with Crippen LogP contribution in [0.3, 0.4) is 0 Å². The lowest BCUT2D eigenvalue weighted by Crippen LogP contribution is -2.57. The van der Waals surface area contributed by atoms with E-state index in [9.17, 15) is 4.79 Å². The number of nitrogens with zero attached hydrogens (tertiary/aromatic N) is 4. The summed E-state index contributed by atoms with van der Waals surface area (Å²) in [7, 11) is 3.69. The number of likely N-dealkylation sites (N-methyl/N-ethyl adjacent to an activating group) is 1. The summed E-state index contributed by atoms with van der Waals surface area (Å²) in [5.41, 5.74) is 2.39. The van der Waals surface area contributed by atoms with Crippen LogP contribution >= 0.6 is 0 Å². The van der Waals surface area contributed by atoms with Crippen LogP contribution in [0, 0.1) is 13.8 Å². The maximum absolute atomic E-state index is 12.2. The Morgan fingerprint density at radius 1 is 1.25 bits per heavy atom. The summed E-state index contributed by atoms with van der Waals surface area (Å²) in [6.45, 7) is 8.65. The zero-order valence-corrected chi connectivity index (χ0v) is 15.5. The van der Waals surface area contributed by atoms with Gasteiger partial charge in [-0.1, -0.05) is 5.16 Å². The number of aryl methyl sites for hydroxylation is 2. The molecule has 1 atom stereocenters. The van der Waals surface area contributed by atoms with Crippen molar-refractivity contribution in [3.63, 3.8) is 0 Å². The standard InChI is InChI=1S/C18H30N4O2/c1-14-16(15(2)24-19-14)11-21-9-5-7-18(13-21)8-6-10-22(18)12-17(23)20(3)4/h5-13H2,1-4H3. The van der Waals surface area contributed by atoms with Crippen LogP contribution < -0.4 is 0 Å². The summed E-state index contributed by atoms with van der Waals surface area (Å²) in [5.74, 6) is 1.14. The molecule has 0 saturated carbocycles. The Labute approximate surface area is 144 Å². The lowest BCUT2D eigenvalue weighted by Gasteiger charge is -2.46. The van der Waals surface area contributed by atoms with Gasteiger partial charge in [-0.15, -0.1) is 0 Å². The zero-order valence-electron chi connectivity index (χ0n) is 15.5. The van der Waals surface area contributed by atoms with Gasteiger partial charge in [0.15, 0.2) is 0 Å². The van der Waals surface area contributed by atoms with Crippen molar-refractivity contribution in [3.05, 3.63) is 17.0 Å². The summed E-state index contributed by atoms with van der Waals surface area (Å²) in [6.07, 6.45) is 4.79. The first kappa shape index (κ1) is 17.4. The van der Waals surface area contributed by atoms with E-state index in [1.807, 2.05) is 27.9 Å². The fraction of sp³-hybridized carbons (Fsp3) is 0.778. The first-order valence-corrected chi connectivity index (χ1v) is 9.00. The highest BCUT2D eigenvalue weighted by Crippen LogP contribution is 2.37. The van der Waals surface area contributed by atoms with Gasteiger partial charge in [-0.25, -0.2) is 0 Å². The van der Waals surface area contributed by atoms with Crippen LogP contribution in [0.5, 0.6) is 0 Å². The van der Waals surface area contributed by atoms with Gasteiger partial charge in [0.1, 0.15) is 5.76 Å². The average Bonchev–Trinajstić information content (AvgIpc) is 3.05. The fourth-order valence-corrected chi connectivity index (χ4v) is 4.30. The van der Waals surface area contributed by atoms with Crippen molar-refractivity contribution >= 4 is 5.91 Å². The number of amides is 1. The minimum atomic E-state index is 0.170. The van der Waals surface area contributed by atoms with Crippen molar-refractivity contribution in [1.82, 2.24) is 19.9 Å². The van der Waals surface area contributed by atoms with Crippen LogP contribution in [0.25, 0.3) is 0 Å². The van der Waals surface area contributed by atoms with E-state index in [4.69, 9.17) is 4.52 Å². The molecular weight excluding hydrogens is 304 g/mol. The molecule has 2 aliphatic heterocycles. The molecule has 0 radical (unpaired) electrons. The van der Waals surface area contributed by atoms with Gasteiger partial charge in [0, 0.05) is 38.3 Å². The quantitative estimate of drug-likeness (QED) is 0.840. The Kier molecular flexibility index (Phi) is 4.97. The summed E-state index contributed by atoms with van der Waals surface area (Å²) in [5, 5.41) is 4.08. The lowest BCUT2D eigenvalue weighted by atomic mass is 9.86. The second-order valence-electron chi connectivity index (χ2n) is 7.65. The summed E-state index contributed by atoms with van der Waals surface area (Å²) >= 11 is 0. The number of likely N-dealkylation sites (tertiary alicyclic amines) is 2. The lowest BCUT2D eigenvalue weighted by molar-refractivity contribution is -0.131. The first-order valence-electron chi connectivity index (χ1n) is 9.00. The number of rotatable bonds is 4. The first-order chi connectivity index (χ1) is 11.4. The molecule has 1 aromatic heterocycles. The molecule has 134 valence electrons. The molecule has 6 nitrogen and oxygen atoms in total. The number of aromatic nitrogens is 1. The number of hydrogen-bond acceptors (Lipinski definition) is 5. The van der Waals surface area contributed by atoms with E-state index in [0.717, 1.165) is 37.6 Å². The summed E-state index contributed by atoms with van der Waals surface area (Å²) in [6, 6.07) is 0. The minimum absolute atomic E-state index is 0.170. The smallest absolute Gasteiger partial charge is 0.236 e. The summed E-state index contributed by atoms with van der Waals surface area (Å²) in [4.78, 5) is 18.9. The Bertz CT molecular complexity index is 578. The molecule has 0 bridgehead atoms. The van der Waals surface area contributed by atoms with Crippen molar-refractivity contribution in [2.45, 2.75) is 51.6 Å². The monoisotopic (exact) mass is 334 g/mol. The van der Waals surface area contributed by atoms with Crippen molar-refractivity contribution in [2.24, 2.45) is 0 Å². The van der Waals surface area contributed by atoms with Gasteiger partial charge in [0.05, 0.1) is 12.2 Å². The largest absolute Gasteiger partial charge is 0.361 e. The van der Waals surface area contributed by atoms with Crippen LogP contribution in [0.15, 0.2) is 4.52 Å². The van der Waals surface area contributed by atoms with Crippen LogP contribution in [-0.2, 0) is 11.3 Å². The summed E-state index contributed by atoms with van der Waals surface area (Å²) < 4.78 is 5.32. The molecule has 2 aliphatic rings. The molecule has 2 saturated heterocycles. The van der Waals surface area contributed by atoms with E-state index in [2.05, 4.69) is 15.0 Å². The van der Waals surface area contributed by atoms with E-state index >= 15 is 0 Å². The van der Waals surface area contributed by atoms with Crippen molar-refractivity contribution in [1.29, 1.82) is 0 Å². The molecule has 0 aromatic carbocycles. The van der Waals surface area contributed by atoms with E-state index in [-0.39, 0.29) is 11.4 Å². The van der Waals surface area contributed by atoms with Gasteiger partial charge in [-0.2, -0.15) is 0 Å². The van der Waals surface area contributed by atoms with Gasteiger partial charge < -0.3 is 9.42 Å². The Morgan fingerprint density at radius 3 is 2.58 bits per heavy atom. The topological polar surface area (TPSA) is 52.8 Å². The molecule has 0 aliphatic carbocycles. The third-order valence-corrected chi connectivity index (χ3v) is 5.76. The number of carbonyl (C=O) groups excluding carboxylic acids is 1. The molecule has 1 aromatic rings. The molecular formula is C18H30N4O2. The SMILES string of the molecule is Cc1noc(C)c1CN1CCCC2(CCCN2CC(=O)N(C)C)C1. The van der Waals surface area contributed by atoms with E-state index in [1.54, 1.807) is 4.90 Å². The van der Waals surface area contributed by atoms with E-state index in [0.29, 0.717) is 6.54 Å². The average molecular weight is 334 g/mol.